The van der Waals surface area contributed by atoms with Crippen LogP contribution in [0.1, 0.15) is 30.4 Å². The van der Waals surface area contributed by atoms with Crippen LogP contribution in [0.2, 0.25) is 0 Å². The van der Waals surface area contributed by atoms with Crippen LogP contribution in [0.25, 0.3) is 6.08 Å². The molecular weight excluding hydrogens is 404 g/mol. The van der Waals surface area contributed by atoms with Gasteiger partial charge in [0.1, 0.15) is 0 Å². The van der Waals surface area contributed by atoms with Crippen LogP contribution in [0.5, 0.6) is 0 Å². The van der Waals surface area contributed by atoms with E-state index in [9.17, 15) is 9.59 Å². The molecule has 1 saturated carbocycles. The Hall–Kier alpha value is -2.40. The first-order valence-corrected chi connectivity index (χ1v) is 9.90. The zero-order chi connectivity index (χ0) is 19.1. The number of carbonyl (C=O) groups is 2. The van der Waals surface area contributed by atoms with Gasteiger partial charge in [0.2, 0.25) is 11.8 Å². The van der Waals surface area contributed by atoms with Gasteiger partial charge in [-0.15, -0.1) is 0 Å². The summed E-state index contributed by atoms with van der Waals surface area (Å²) in [5.74, 6) is -0.447. The maximum absolute atomic E-state index is 12.1. The molecule has 1 aliphatic carbocycles. The zero-order valence-electron chi connectivity index (χ0n) is 15.1. The van der Waals surface area contributed by atoms with Crippen molar-refractivity contribution in [2.24, 2.45) is 0 Å². The van der Waals surface area contributed by atoms with Crippen molar-refractivity contribution in [1.29, 1.82) is 0 Å². The Balaban J connectivity index is 1.46. The molecule has 27 heavy (non-hydrogen) atoms. The average molecular weight is 427 g/mol. The summed E-state index contributed by atoms with van der Waals surface area (Å²) in [7, 11) is 0. The molecule has 4 nitrogen and oxygen atoms in total. The van der Waals surface area contributed by atoms with Gasteiger partial charge in [-0.3, -0.25) is 9.59 Å². The van der Waals surface area contributed by atoms with Gasteiger partial charge in [0.15, 0.2) is 0 Å². The molecule has 0 bridgehead atoms. The fourth-order valence-electron chi connectivity index (χ4n) is 3.28. The standard InChI is InChI=1S/C22H23BrN2O2/c23-19-9-4-8-18(14-19)22(12-5-13-22)16-25-21(27)15-24-20(26)11-10-17-6-2-1-3-7-17/h1-4,6-11,14H,5,12-13,15-16H2,(H,24,26)(H,25,27)/b11-10+. The molecule has 0 heterocycles. The number of carbonyl (C=O) groups excluding carboxylic acids is 2. The third kappa shape index (κ3) is 5.30. The lowest BCUT2D eigenvalue weighted by atomic mass is 9.64. The van der Waals surface area contributed by atoms with E-state index in [1.165, 1.54) is 18.1 Å². The van der Waals surface area contributed by atoms with Gasteiger partial charge in [0.05, 0.1) is 6.54 Å². The summed E-state index contributed by atoms with van der Waals surface area (Å²) in [5.41, 5.74) is 2.20. The molecule has 0 spiro atoms. The molecule has 3 rings (SSSR count). The van der Waals surface area contributed by atoms with Gasteiger partial charge in [-0.1, -0.05) is 64.8 Å². The van der Waals surface area contributed by atoms with Crippen molar-refractivity contribution in [2.75, 3.05) is 13.1 Å². The van der Waals surface area contributed by atoms with E-state index in [4.69, 9.17) is 0 Å². The van der Waals surface area contributed by atoms with Crippen molar-refractivity contribution in [1.82, 2.24) is 10.6 Å². The van der Waals surface area contributed by atoms with Crippen molar-refractivity contribution in [2.45, 2.75) is 24.7 Å². The van der Waals surface area contributed by atoms with Crippen LogP contribution in [0.4, 0.5) is 0 Å². The van der Waals surface area contributed by atoms with Crippen molar-refractivity contribution in [3.63, 3.8) is 0 Å². The Morgan fingerprint density at radius 2 is 1.81 bits per heavy atom. The van der Waals surface area contributed by atoms with Crippen molar-refractivity contribution in [3.05, 3.63) is 76.3 Å². The molecule has 0 atom stereocenters. The van der Waals surface area contributed by atoms with Crippen LogP contribution in [0, 0.1) is 0 Å². The highest BCUT2D eigenvalue weighted by Gasteiger charge is 2.38. The van der Waals surface area contributed by atoms with E-state index < -0.39 is 0 Å². The Morgan fingerprint density at radius 3 is 2.48 bits per heavy atom. The lowest BCUT2D eigenvalue weighted by molar-refractivity contribution is -0.124. The minimum atomic E-state index is -0.278. The molecule has 0 radical (unpaired) electrons. The molecule has 5 heteroatoms. The predicted molar refractivity (Wildman–Crippen MR) is 111 cm³/mol. The normalized spacial score (nSPS) is 15.1. The molecule has 2 aromatic carbocycles. The topological polar surface area (TPSA) is 58.2 Å². The maximum Gasteiger partial charge on any atom is 0.244 e. The summed E-state index contributed by atoms with van der Waals surface area (Å²) >= 11 is 3.52. The van der Waals surface area contributed by atoms with Crippen molar-refractivity contribution >= 4 is 33.8 Å². The second kappa shape index (κ2) is 9.00. The predicted octanol–water partition coefficient (Wildman–Crippen LogP) is 3.82. The molecule has 2 aromatic rings. The molecule has 0 aromatic heterocycles. The van der Waals surface area contributed by atoms with Gasteiger partial charge in [-0.2, -0.15) is 0 Å². The van der Waals surface area contributed by atoms with E-state index in [-0.39, 0.29) is 23.8 Å². The summed E-state index contributed by atoms with van der Waals surface area (Å²) in [6.07, 6.45) is 6.47. The minimum absolute atomic E-state index is 0.0106. The largest absolute Gasteiger partial charge is 0.354 e. The fourth-order valence-corrected chi connectivity index (χ4v) is 3.68. The third-order valence-corrected chi connectivity index (χ3v) is 5.51. The summed E-state index contributed by atoms with van der Waals surface area (Å²) in [5, 5.41) is 5.61. The Kier molecular flexibility index (Phi) is 6.45. The number of benzene rings is 2. The smallest absolute Gasteiger partial charge is 0.244 e. The van der Waals surface area contributed by atoms with Crippen LogP contribution in [-0.4, -0.2) is 24.9 Å². The van der Waals surface area contributed by atoms with E-state index >= 15 is 0 Å². The van der Waals surface area contributed by atoms with Crippen LogP contribution in [0.3, 0.4) is 0 Å². The van der Waals surface area contributed by atoms with Crippen LogP contribution in [-0.2, 0) is 15.0 Å². The molecular formula is C22H23BrN2O2. The monoisotopic (exact) mass is 426 g/mol. The van der Waals surface area contributed by atoms with Crippen molar-refractivity contribution < 1.29 is 9.59 Å². The van der Waals surface area contributed by atoms with E-state index in [1.54, 1.807) is 6.08 Å². The Morgan fingerprint density at radius 1 is 1.04 bits per heavy atom. The first-order valence-electron chi connectivity index (χ1n) is 9.11. The van der Waals surface area contributed by atoms with Crippen molar-refractivity contribution in [3.8, 4) is 0 Å². The number of hydrogen-bond acceptors (Lipinski definition) is 2. The highest BCUT2D eigenvalue weighted by atomic mass is 79.9. The lowest BCUT2D eigenvalue weighted by Gasteiger charge is -2.42. The first kappa shape index (κ1) is 19.4. The van der Waals surface area contributed by atoms with Crippen LogP contribution >= 0.6 is 15.9 Å². The SMILES string of the molecule is O=C(/C=C/c1ccccc1)NCC(=O)NCC1(c2cccc(Br)c2)CCC1. The summed E-state index contributed by atoms with van der Waals surface area (Å²) in [4.78, 5) is 24.0. The number of nitrogens with one attached hydrogen (secondary N) is 2. The number of halogens is 1. The number of hydrogen-bond donors (Lipinski definition) is 2. The van der Waals surface area contributed by atoms with E-state index in [2.05, 4.69) is 38.7 Å². The Labute approximate surface area is 168 Å². The second-order valence-electron chi connectivity index (χ2n) is 6.88. The summed E-state index contributed by atoms with van der Waals surface area (Å²) in [6, 6.07) is 17.8. The minimum Gasteiger partial charge on any atom is -0.354 e. The quantitative estimate of drug-likeness (QED) is 0.661. The number of amides is 2. The van der Waals surface area contributed by atoms with Gasteiger partial charge >= 0.3 is 0 Å². The highest BCUT2D eigenvalue weighted by molar-refractivity contribution is 9.10. The van der Waals surface area contributed by atoms with Crippen LogP contribution < -0.4 is 10.6 Å². The summed E-state index contributed by atoms with van der Waals surface area (Å²) < 4.78 is 1.05. The van der Waals surface area contributed by atoms with E-state index in [0.29, 0.717) is 6.54 Å². The fraction of sp³-hybridized carbons (Fsp3) is 0.273. The molecule has 0 saturated heterocycles. The second-order valence-corrected chi connectivity index (χ2v) is 7.80. The molecule has 0 unspecified atom stereocenters. The van der Waals surface area contributed by atoms with Gasteiger partial charge in [-0.25, -0.2) is 0 Å². The average Bonchev–Trinajstić information content (AvgIpc) is 2.65. The van der Waals surface area contributed by atoms with Gasteiger partial charge in [0.25, 0.3) is 0 Å². The van der Waals surface area contributed by atoms with E-state index in [1.807, 2.05) is 42.5 Å². The van der Waals surface area contributed by atoms with Gasteiger partial charge in [-0.05, 0) is 42.2 Å². The summed E-state index contributed by atoms with van der Waals surface area (Å²) in [6.45, 7) is 0.574. The molecule has 1 aliphatic rings. The Bertz CT molecular complexity index is 829. The lowest BCUT2D eigenvalue weighted by Crippen LogP contribution is -2.47. The molecule has 1 fully saturated rings. The van der Waals surface area contributed by atoms with Crippen LogP contribution in [0.15, 0.2) is 65.1 Å². The highest BCUT2D eigenvalue weighted by Crippen LogP contribution is 2.43. The van der Waals surface area contributed by atoms with E-state index in [0.717, 1.165) is 22.9 Å². The van der Waals surface area contributed by atoms with Gasteiger partial charge < -0.3 is 10.6 Å². The third-order valence-electron chi connectivity index (χ3n) is 5.02. The molecule has 2 N–H and O–H groups in total. The molecule has 0 aliphatic heterocycles. The zero-order valence-corrected chi connectivity index (χ0v) is 16.7. The van der Waals surface area contributed by atoms with Gasteiger partial charge in [0, 0.05) is 22.5 Å². The maximum atomic E-state index is 12.1. The number of rotatable bonds is 7. The first-order chi connectivity index (χ1) is 13.1. The molecule has 2 amide bonds. The molecule has 140 valence electrons.